The molecule has 0 bridgehead atoms. The number of fused-ring (bicyclic) bond motifs is 2. The lowest BCUT2D eigenvalue weighted by atomic mass is 10.2. The van der Waals surface area contributed by atoms with E-state index in [1.165, 1.54) is 18.7 Å². The van der Waals surface area contributed by atoms with Gasteiger partial charge in [-0.25, -0.2) is 4.98 Å². The molecule has 2 N–H and O–H groups in total. The van der Waals surface area contributed by atoms with Crippen molar-refractivity contribution >= 4 is 46.5 Å². The number of nitrogens with one attached hydrogen (secondary N) is 2. The van der Waals surface area contributed by atoms with Crippen molar-refractivity contribution in [3.05, 3.63) is 72.4 Å². The summed E-state index contributed by atoms with van der Waals surface area (Å²) in [6.45, 7) is 1.67. The molecule has 1 aliphatic rings. The average molecular weight is 433 g/mol. The lowest BCUT2D eigenvalue weighted by molar-refractivity contribution is -0.116. The van der Waals surface area contributed by atoms with E-state index in [9.17, 15) is 14.4 Å². The summed E-state index contributed by atoms with van der Waals surface area (Å²) in [5, 5.41) is 6.17. The van der Waals surface area contributed by atoms with Gasteiger partial charge in [-0.1, -0.05) is 23.9 Å². The first-order valence-electron chi connectivity index (χ1n) is 9.72. The Kier molecular flexibility index (Phi) is 5.99. The van der Waals surface area contributed by atoms with Crippen LogP contribution in [0.5, 0.6) is 0 Å². The van der Waals surface area contributed by atoms with Crippen LogP contribution in [0.2, 0.25) is 0 Å². The van der Waals surface area contributed by atoms with Gasteiger partial charge in [0.05, 0.1) is 11.3 Å². The molecule has 1 aromatic heterocycles. The van der Waals surface area contributed by atoms with Gasteiger partial charge < -0.3 is 15.5 Å². The fraction of sp³-hybridized carbons (Fsp3) is 0.130. The third-order valence-corrected chi connectivity index (χ3v) is 5.74. The molecule has 8 heteroatoms. The van der Waals surface area contributed by atoms with E-state index in [0.29, 0.717) is 22.0 Å². The van der Waals surface area contributed by atoms with Crippen LogP contribution in [0, 0.1) is 0 Å². The van der Waals surface area contributed by atoms with Gasteiger partial charge in [-0.15, -0.1) is 0 Å². The molecule has 156 valence electrons. The second-order valence-corrected chi connectivity index (χ2v) is 7.97. The molecule has 4 rings (SSSR count). The zero-order valence-corrected chi connectivity index (χ0v) is 17.6. The number of amides is 3. The first-order valence-corrected chi connectivity index (χ1v) is 10.5. The van der Waals surface area contributed by atoms with Crippen molar-refractivity contribution in [2.24, 2.45) is 0 Å². The van der Waals surface area contributed by atoms with Gasteiger partial charge in [-0.2, -0.15) is 0 Å². The number of para-hydroxylation sites is 1. The number of rotatable bonds is 5. The summed E-state index contributed by atoms with van der Waals surface area (Å²) in [4.78, 5) is 43.7. The quantitative estimate of drug-likeness (QED) is 0.631. The monoisotopic (exact) mass is 432 g/mol. The standard InChI is InChI=1S/C23H20N4O3S/c1-15(28)25-16-8-10-17(11-9-16)26-21(29)12-14-27-19-6-2-3-7-20(19)31-22-18(23(27)30)5-4-13-24-22/h2-11,13H,12,14H2,1H3,(H,25,28)(H,26,29). The highest BCUT2D eigenvalue weighted by atomic mass is 32.2. The van der Waals surface area contributed by atoms with E-state index in [1.54, 1.807) is 47.5 Å². The van der Waals surface area contributed by atoms with Crippen LogP contribution >= 0.6 is 11.8 Å². The van der Waals surface area contributed by atoms with Crippen LogP contribution in [0.3, 0.4) is 0 Å². The molecular weight excluding hydrogens is 412 g/mol. The molecule has 0 saturated carbocycles. The topological polar surface area (TPSA) is 91.4 Å². The summed E-state index contributed by atoms with van der Waals surface area (Å²) in [5.74, 6) is -0.539. The molecule has 2 aromatic carbocycles. The van der Waals surface area contributed by atoms with E-state index >= 15 is 0 Å². The molecule has 0 spiro atoms. The second kappa shape index (κ2) is 9.01. The zero-order chi connectivity index (χ0) is 21.8. The van der Waals surface area contributed by atoms with Crippen molar-refractivity contribution < 1.29 is 14.4 Å². The third kappa shape index (κ3) is 4.75. The first-order chi connectivity index (χ1) is 15.0. The van der Waals surface area contributed by atoms with Crippen molar-refractivity contribution in [3.8, 4) is 0 Å². The largest absolute Gasteiger partial charge is 0.326 e. The molecule has 31 heavy (non-hydrogen) atoms. The number of hydrogen-bond acceptors (Lipinski definition) is 5. The number of hydrogen-bond donors (Lipinski definition) is 2. The highest BCUT2D eigenvalue weighted by Crippen LogP contribution is 2.40. The summed E-state index contributed by atoms with van der Waals surface area (Å²) >= 11 is 1.45. The van der Waals surface area contributed by atoms with Crippen LogP contribution < -0.4 is 15.5 Å². The van der Waals surface area contributed by atoms with Crippen molar-refractivity contribution in [1.82, 2.24) is 4.98 Å². The van der Waals surface area contributed by atoms with E-state index in [-0.39, 0.29) is 30.7 Å². The van der Waals surface area contributed by atoms with Crippen molar-refractivity contribution in [1.29, 1.82) is 0 Å². The molecule has 3 amide bonds. The SMILES string of the molecule is CC(=O)Nc1ccc(NC(=O)CCN2C(=O)c3cccnc3Sc3ccccc32)cc1. The lowest BCUT2D eigenvalue weighted by Crippen LogP contribution is -2.33. The minimum absolute atomic E-state index is 0.133. The minimum atomic E-state index is -0.208. The number of carbonyl (C=O) groups is 3. The van der Waals surface area contributed by atoms with E-state index in [2.05, 4.69) is 15.6 Å². The molecule has 0 unspecified atom stereocenters. The molecule has 0 aliphatic carbocycles. The average Bonchev–Trinajstić information content (AvgIpc) is 2.87. The normalized spacial score (nSPS) is 12.4. The van der Waals surface area contributed by atoms with Crippen molar-refractivity contribution in [2.45, 2.75) is 23.3 Å². The maximum atomic E-state index is 13.2. The minimum Gasteiger partial charge on any atom is -0.326 e. The second-order valence-electron chi connectivity index (χ2n) is 6.94. The Hall–Kier alpha value is -3.65. The highest BCUT2D eigenvalue weighted by molar-refractivity contribution is 7.99. The van der Waals surface area contributed by atoms with Gasteiger partial charge in [0.1, 0.15) is 5.03 Å². The molecule has 0 fully saturated rings. The Morgan fingerprint density at radius 1 is 0.968 bits per heavy atom. The predicted octanol–water partition coefficient (Wildman–Crippen LogP) is 4.18. The predicted molar refractivity (Wildman–Crippen MR) is 120 cm³/mol. The van der Waals surface area contributed by atoms with Crippen LogP contribution in [0.25, 0.3) is 0 Å². The molecular formula is C23H20N4O3S. The lowest BCUT2D eigenvalue weighted by Gasteiger charge is -2.22. The Morgan fingerprint density at radius 2 is 1.68 bits per heavy atom. The number of benzene rings is 2. The van der Waals surface area contributed by atoms with Gasteiger partial charge in [-0.05, 0) is 48.5 Å². The number of pyridine rings is 1. The maximum Gasteiger partial charge on any atom is 0.261 e. The summed E-state index contributed by atoms with van der Waals surface area (Å²) in [6.07, 6.45) is 1.80. The van der Waals surface area contributed by atoms with Gasteiger partial charge in [0.15, 0.2) is 0 Å². The summed E-state index contributed by atoms with van der Waals surface area (Å²) in [5.41, 5.74) is 2.56. The van der Waals surface area contributed by atoms with Gasteiger partial charge in [0.2, 0.25) is 11.8 Å². The summed E-state index contributed by atoms with van der Waals surface area (Å²) < 4.78 is 0. The van der Waals surface area contributed by atoms with Crippen LogP contribution in [0.15, 0.2) is 76.8 Å². The fourth-order valence-electron chi connectivity index (χ4n) is 3.26. The Bertz CT molecular complexity index is 1150. The van der Waals surface area contributed by atoms with Crippen molar-refractivity contribution in [3.63, 3.8) is 0 Å². The number of aromatic nitrogens is 1. The number of nitrogens with zero attached hydrogens (tertiary/aromatic N) is 2. The van der Waals surface area contributed by atoms with Crippen LogP contribution in [0.4, 0.5) is 17.1 Å². The number of carbonyl (C=O) groups excluding carboxylic acids is 3. The molecule has 0 atom stereocenters. The summed E-state index contributed by atoms with van der Waals surface area (Å²) in [7, 11) is 0. The van der Waals surface area contributed by atoms with Gasteiger partial charge >= 0.3 is 0 Å². The highest BCUT2D eigenvalue weighted by Gasteiger charge is 2.28. The van der Waals surface area contributed by atoms with E-state index in [4.69, 9.17) is 0 Å². The molecule has 7 nitrogen and oxygen atoms in total. The first kappa shape index (κ1) is 20.6. The van der Waals surface area contributed by atoms with Crippen LogP contribution in [-0.2, 0) is 9.59 Å². The Balaban J connectivity index is 1.47. The Labute approximate surface area is 183 Å². The molecule has 0 saturated heterocycles. The van der Waals surface area contributed by atoms with Gasteiger partial charge in [-0.3, -0.25) is 14.4 Å². The Morgan fingerprint density at radius 3 is 2.42 bits per heavy atom. The summed E-state index contributed by atoms with van der Waals surface area (Å²) in [6, 6.07) is 18.0. The fourth-order valence-corrected chi connectivity index (χ4v) is 4.28. The van der Waals surface area contributed by atoms with E-state index in [0.717, 1.165) is 10.6 Å². The van der Waals surface area contributed by atoms with Crippen molar-refractivity contribution in [2.75, 3.05) is 22.1 Å². The molecule has 3 aromatic rings. The maximum absolute atomic E-state index is 13.2. The smallest absolute Gasteiger partial charge is 0.261 e. The van der Waals surface area contributed by atoms with E-state index in [1.807, 2.05) is 24.3 Å². The van der Waals surface area contributed by atoms with Gasteiger partial charge in [0, 0.05) is 42.4 Å². The number of anilines is 3. The molecule has 0 radical (unpaired) electrons. The van der Waals surface area contributed by atoms with Crippen LogP contribution in [0.1, 0.15) is 23.7 Å². The third-order valence-electron chi connectivity index (χ3n) is 4.66. The molecule has 2 heterocycles. The van der Waals surface area contributed by atoms with Crippen LogP contribution in [-0.4, -0.2) is 29.3 Å². The zero-order valence-electron chi connectivity index (χ0n) is 16.8. The molecule has 1 aliphatic heterocycles. The van der Waals surface area contributed by atoms with Gasteiger partial charge in [0.25, 0.3) is 5.91 Å². The van der Waals surface area contributed by atoms with E-state index < -0.39 is 0 Å².